The molecule has 2 aliphatic heterocycles. The molecular weight excluding hydrogens is 473 g/mol. The molecule has 2 aromatic rings. The maximum absolute atomic E-state index is 13.7. The molecule has 0 spiro atoms. The van der Waals surface area contributed by atoms with Crippen molar-refractivity contribution in [2.24, 2.45) is 0 Å². The number of nitrogens with zero attached hydrogens (tertiary/aromatic N) is 4. The zero-order valence-electron chi connectivity index (χ0n) is 21.3. The molecule has 1 N–H and O–H groups in total. The molecule has 9 heteroatoms. The molecule has 0 radical (unpaired) electrons. The average Bonchev–Trinajstić information content (AvgIpc) is 3.45. The first-order chi connectivity index (χ1) is 17.9. The number of carbonyl (C=O) groups excluding carboxylic acids is 1. The number of aryl methyl sites for hydroxylation is 1. The SMILES string of the molecule is C=C/C=C\c1c(C)[nH]c(=O)n1C1CCN(c2cc(C(=O)N3CCC4=C3CCC(F)=C4)cc(OC)n2)CC1. The van der Waals surface area contributed by atoms with Gasteiger partial charge in [0.2, 0.25) is 5.88 Å². The van der Waals surface area contributed by atoms with Gasteiger partial charge >= 0.3 is 5.69 Å². The summed E-state index contributed by atoms with van der Waals surface area (Å²) in [6.45, 7) is 7.54. The van der Waals surface area contributed by atoms with Crippen molar-refractivity contribution in [2.45, 2.75) is 45.1 Å². The van der Waals surface area contributed by atoms with Crippen LogP contribution in [0.1, 0.15) is 59.9 Å². The number of nitrogens with one attached hydrogen (secondary N) is 1. The van der Waals surface area contributed by atoms with Crippen molar-refractivity contribution in [3.8, 4) is 5.88 Å². The van der Waals surface area contributed by atoms with E-state index in [0.717, 1.165) is 35.5 Å². The quantitative estimate of drug-likeness (QED) is 0.577. The zero-order valence-corrected chi connectivity index (χ0v) is 21.3. The molecule has 37 heavy (non-hydrogen) atoms. The topological polar surface area (TPSA) is 83.5 Å². The number of allylic oxidation sites excluding steroid dienone is 5. The second kappa shape index (κ2) is 10.2. The number of imidazole rings is 1. The molecule has 0 saturated carbocycles. The van der Waals surface area contributed by atoms with Crippen molar-refractivity contribution in [3.63, 3.8) is 0 Å². The number of H-pyrrole nitrogens is 1. The largest absolute Gasteiger partial charge is 0.481 e. The van der Waals surface area contributed by atoms with Crippen LogP contribution in [0.4, 0.5) is 10.2 Å². The Morgan fingerprint density at radius 2 is 2.00 bits per heavy atom. The van der Waals surface area contributed by atoms with Gasteiger partial charge in [-0.1, -0.05) is 18.7 Å². The molecule has 0 bridgehead atoms. The van der Waals surface area contributed by atoms with Crippen molar-refractivity contribution in [1.82, 2.24) is 19.4 Å². The Labute approximate surface area is 215 Å². The predicted octanol–water partition coefficient (Wildman–Crippen LogP) is 4.68. The molecule has 8 nitrogen and oxygen atoms in total. The van der Waals surface area contributed by atoms with Gasteiger partial charge in [0.25, 0.3) is 5.91 Å². The number of halogens is 1. The smallest absolute Gasteiger partial charge is 0.326 e. The van der Waals surface area contributed by atoms with E-state index in [9.17, 15) is 14.0 Å². The molecule has 1 fully saturated rings. The summed E-state index contributed by atoms with van der Waals surface area (Å²) in [5.41, 5.74) is 3.92. The summed E-state index contributed by atoms with van der Waals surface area (Å²) in [5.74, 6) is 0.810. The monoisotopic (exact) mass is 505 g/mol. The highest BCUT2D eigenvalue weighted by atomic mass is 19.1. The minimum Gasteiger partial charge on any atom is -0.481 e. The Hall–Kier alpha value is -3.88. The number of methoxy groups -OCH3 is 1. The Balaban J connectivity index is 1.36. The highest BCUT2D eigenvalue weighted by Gasteiger charge is 2.31. The lowest BCUT2D eigenvalue weighted by atomic mass is 10.0. The first kappa shape index (κ1) is 24.8. The molecule has 5 rings (SSSR count). The number of pyridine rings is 1. The number of piperidine rings is 1. The fourth-order valence-corrected chi connectivity index (χ4v) is 5.55. The highest BCUT2D eigenvalue weighted by molar-refractivity contribution is 5.97. The number of aromatic nitrogens is 3. The summed E-state index contributed by atoms with van der Waals surface area (Å²) < 4.78 is 21.0. The van der Waals surface area contributed by atoms with Crippen molar-refractivity contribution >= 4 is 17.8 Å². The molecule has 0 unspecified atom stereocenters. The fraction of sp³-hybridized carbons (Fsp3) is 0.393. The Morgan fingerprint density at radius 1 is 1.22 bits per heavy atom. The molecule has 2 aromatic heterocycles. The Bertz CT molecular complexity index is 1370. The lowest BCUT2D eigenvalue weighted by molar-refractivity contribution is 0.0813. The summed E-state index contributed by atoms with van der Waals surface area (Å²) in [4.78, 5) is 37.6. The van der Waals surface area contributed by atoms with Gasteiger partial charge < -0.3 is 19.5 Å². The van der Waals surface area contributed by atoms with Gasteiger partial charge in [0.15, 0.2) is 0 Å². The van der Waals surface area contributed by atoms with Crippen LogP contribution in [-0.4, -0.2) is 52.1 Å². The van der Waals surface area contributed by atoms with Crippen LogP contribution >= 0.6 is 0 Å². The molecule has 0 atom stereocenters. The molecule has 1 amide bonds. The maximum atomic E-state index is 13.7. The van der Waals surface area contributed by atoms with Crippen LogP contribution in [0.5, 0.6) is 5.88 Å². The summed E-state index contributed by atoms with van der Waals surface area (Å²) in [6, 6.07) is 3.53. The van der Waals surface area contributed by atoms with Crippen LogP contribution < -0.4 is 15.3 Å². The van der Waals surface area contributed by atoms with E-state index in [-0.39, 0.29) is 23.5 Å². The van der Waals surface area contributed by atoms with E-state index in [1.165, 1.54) is 7.11 Å². The summed E-state index contributed by atoms with van der Waals surface area (Å²) >= 11 is 0. The van der Waals surface area contributed by atoms with E-state index in [1.807, 2.05) is 29.7 Å². The normalized spacial score (nSPS) is 18.4. The van der Waals surface area contributed by atoms with E-state index in [0.29, 0.717) is 56.2 Å². The number of anilines is 1. The molecule has 1 aliphatic carbocycles. The van der Waals surface area contributed by atoms with E-state index in [2.05, 4.69) is 21.4 Å². The molecule has 3 aliphatic rings. The molecule has 1 saturated heterocycles. The van der Waals surface area contributed by atoms with Crippen LogP contribution in [-0.2, 0) is 0 Å². The van der Waals surface area contributed by atoms with Crippen LogP contribution in [0.2, 0.25) is 0 Å². The van der Waals surface area contributed by atoms with E-state index >= 15 is 0 Å². The van der Waals surface area contributed by atoms with Crippen molar-refractivity contribution < 1.29 is 13.9 Å². The minimum atomic E-state index is -0.120. The number of amides is 1. The molecule has 194 valence electrons. The maximum Gasteiger partial charge on any atom is 0.326 e. The van der Waals surface area contributed by atoms with Gasteiger partial charge in [-0.25, -0.2) is 9.18 Å². The first-order valence-electron chi connectivity index (χ1n) is 12.7. The third-order valence-electron chi connectivity index (χ3n) is 7.42. The second-order valence-corrected chi connectivity index (χ2v) is 9.65. The van der Waals surface area contributed by atoms with Crippen molar-refractivity contribution in [1.29, 1.82) is 0 Å². The summed E-state index contributed by atoms with van der Waals surface area (Å²) in [7, 11) is 1.54. The van der Waals surface area contributed by atoms with Gasteiger partial charge in [-0.05, 0) is 56.4 Å². The van der Waals surface area contributed by atoms with Crippen molar-refractivity contribution in [3.05, 3.63) is 81.5 Å². The number of ether oxygens (including phenoxy) is 1. The van der Waals surface area contributed by atoms with Gasteiger partial charge in [-0.2, -0.15) is 4.98 Å². The van der Waals surface area contributed by atoms with Gasteiger partial charge in [-0.15, -0.1) is 0 Å². The van der Waals surface area contributed by atoms with Crippen LogP contribution in [0.3, 0.4) is 0 Å². The first-order valence-corrected chi connectivity index (χ1v) is 12.7. The predicted molar refractivity (Wildman–Crippen MR) is 141 cm³/mol. The van der Waals surface area contributed by atoms with Crippen molar-refractivity contribution in [2.75, 3.05) is 31.6 Å². The van der Waals surface area contributed by atoms with E-state index in [4.69, 9.17) is 4.74 Å². The zero-order chi connectivity index (χ0) is 26.1. The number of carbonyl (C=O) groups is 1. The number of rotatable bonds is 6. The van der Waals surface area contributed by atoms with Gasteiger partial charge in [0, 0.05) is 55.1 Å². The minimum absolute atomic E-state index is 0.0552. The Morgan fingerprint density at radius 3 is 2.73 bits per heavy atom. The highest BCUT2D eigenvalue weighted by Crippen LogP contribution is 2.36. The second-order valence-electron chi connectivity index (χ2n) is 9.65. The van der Waals surface area contributed by atoms with Crippen LogP contribution in [0, 0.1) is 6.92 Å². The number of aromatic amines is 1. The average molecular weight is 506 g/mol. The molecular formula is C28H32FN5O3. The van der Waals surface area contributed by atoms with E-state index in [1.54, 1.807) is 23.1 Å². The van der Waals surface area contributed by atoms with Crippen LogP contribution in [0.15, 0.2) is 58.8 Å². The molecule has 0 aromatic carbocycles. The Kier molecular flexibility index (Phi) is 6.86. The lowest BCUT2D eigenvalue weighted by Gasteiger charge is -2.34. The lowest BCUT2D eigenvalue weighted by Crippen LogP contribution is -2.38. The fourth-order valence-electron chi connectivity index (χ4n) is 5.55. The standard InChI is InChI=1S/C28H32FN5O3/c1-4-5-6-23-18(2)30-28(36)34(23)22-10-12-32(13-11-22)25-16-20(17-26(31-25)37-3)27(35)33-14-9-19-15-21(29)7-8-24(19)33/h4-6,15-17,22H,1,7-14H2,2-3H3,(H,30,36)/b6-5-. The molecule has 4 heterocycles. The van der Waals surface area contributed by atoms with Gasteiger partial charge in [0.05, 0.1) is 12.8 Å². The third-order valence-corrected chi connectivity index (χ3v) is 7.42. The summed E-state index contributed by atoms with van der Waals surface area (Å²) in [6.07, 6.45) is 10.1. The van der Waals surface area contributed by atoms with Crippen LogP contribution in [0.25, 0.3) is 6.08 Å². The number of hydrogen-bond donors (Lipinski definition) is 1. The number of hydrogen-bond acceptors (Lipinski definition) is 5. The van der Waals surface area contributed by atoms with E-state index < -0.39 is 0 Å². The summed E-state index contributed by atoms with van der Waals surface area (Å²) in [5, 5.41) is 0. The van der Waals surface area contributed by atoms with Gasteiger partial charge in [0.1, 0.15) is 11.6 Å². The van der Waals surface area contributed by atoms with Gasteiger partial charge in [-0.3, -0.25) is 9.36 Å². The third kappa shape index (κ3) is 4.77.